The molecular weight excluding hydrogens is 390 g/mol. The molecule has 2 aromatic carbocycles. The number of esters is 1. The number of benzene rings is 2. The zero-order valence-electron chi connectivity index (χ0n) is 16.7. The van der Waals surface area contributed by atoms with Crippen molar-refractivity contribution in [2.45, 2.75) is 6.04 Å². The third kappa shape index (κ3) is 3.71. The van der Waals surface area contributed by atoms with E-state index in [0.29, 0.717) is 22.6 Å². The second-order valence-corrected chi connectivity index (χ2v) is 6.48. The van der Waals surface area contributed by atoms with Crippen LogP contribution in [0.2, 0.25) is 0 Å². The molecular formula is C22H21NO7. The van der Waals surface area contributed by atoms with Gasteiger partial charge in [-0.3, -0.25) is 14.4 Å². The number of ether oxygens (including phenoxy) is 3. The van der Waals surface area contributed by atoms with Crippen LogP contribution >= 0.6 is 0 Å². The molecule has 1 amide bonds. The zero-order chi connectivity index (χ0) is 21.8. The highest BCUT2D eigenvalue weighted by Gasteiger charge is 2.48. The first-order valence-corrected chi connectivity index (χ1v) is 9.05. The molecule has 8 heteroatoms. The Balaban J connectivity index is 2.24. The minimum absolute atomic E-state index is 0.140. The van der Waals surface area contributed by atoms with Crippen molar-refractivity contribution in [3.05, 3.63) is 65.2 Å². The number of likely N-dealkylation sites (tertiary alicyclic amines) is 1. The largest absolute Gasteiger partial charge is 0.507 e. The van der Waals surface area contributed by atoms with Crippen molar-refractivity contribution < 1.29 is 33.7 Å². The fourth-order valence-electron chi connectivity index (χ4n) is 3.37. The molecule has 1 fully saturated rings. The van der Waals surface area contributed by atoms with Gasteiger partial charge in [-0.2, -0.15) is 0 Å². The third-order valence-corrected chi connectivity index (χ3v) is 4.85. The Labute approximate surface area is 173 Å². The summed E-state index contributed by atoms with van der Waals surface area (Å²) in [4.78, 5) is 38.7. The number of rotatable bonds is 6. The summed E-state index contributed by atoms with van der Waals surface area (Å²) in [5, 5.41) is 10.9. The van der Waals surface area contributed by atoms with Crippen LogP contribution in [-0.4, -0.2) is 55.5 Å². The molecule has 156 valence electrons. The van der Waals surface area contributed by atoms with Gasteiger partial charge in [0.15, 0.2) is 0 Å². The fourth-order valence-corrected chi connectivity index (χ4v) is 3.37. The Morgan fingerprint density at radius 1 is 1.03 bits per heavy atom. The van der Waals surface area contributed by atoms with E-state index in [1.54, 1.807) is 48.5 Å². The average molecular weight is 411 g/mol. The van der Waals surface area contributed by atoms with E-state index in [1.807, 2.05) is 0 Å². The number of aliphatic hydroxyl groups excluding tert-OH is 1. The Kier molecular flexibility index (Phi) is 6.06. The highest BCUT2D eigenvalue weighted by molar-refractivity contribution is 6.47. The fraction of sp³-hybridized carbons (Fsp3) is 0.227. The molecule has 2 aromatic rings. The normalized spacial score (nSPS) is 17.7. The maximum absolute atomic E-state index is 12.9. The summed E-state index contributed by atoms with van der Waals surface area (Å²) in [6.07, 6.45) is 0. The van der Waals surface area contributed by atoms with E-state index < -0.39 is 30.2 Å². The van der Waals surface area contributed by atoms with E-state index in [1.165, 1.54) is 21.3 Å². The lowest BCUT2D eigenvalue weighted by Gasteiger charge is -2.25. The predicted octanol–water partition coefficient (Wildman–Crippen LogP) is 2.30. The number of aliphatic hydroxyl groups is 1. The second-order valence-electron chi connectivity index (χ2n) is 6.48. The van der Waals surface area contributed by atoms with Gasteiger partial charge in [0, 0.05) is 17.2 Å². The van der Waals surface area contributed by atoms with Gasteiger partial charge >= 0.3 is 5.97 Å². The van der Waals surface area contributed by atoms with E-state index in [4.69, 9.17) is 9.47 Å². The lowest BCUT2D eigenvalue weighted by atomic mass is 9.94. The number of hydrogen-bond donors (Lipinski definition) is 1. The molecule has 1 aliphatic heterocycles. The summed E-state index contributed by atoms with van der Waals surface area (Å²) < 4.78 is 15.3. The smallest absolute Gasteiger partial charge is 0.325 e. The van der Waals surface area contributed by atoms with Gasteiger partial charge in [0.05, 0.1) is 32.9 Å². The van der Waals surface area contributed by atoms with Gasteiger partial charge in [-0.1, -0.05) is 30.3 Å². The number of methoxy groups -OCH3 is 3. The number of hydrogen-bond acceptors (Lipinski definition) is 7. The van der Waals surface area contributed by atoms with E-state index in [2.05, 4.69) is 4.74 Å². The topological polar surface area (TPSA) is 102 Å². The quantitative estimate of drug-likeness (QED) is 0.337. The van der Waals surface area contributed by atoms with Crippen molar-refractivity contribution in [1.29, 1.82) is 0 Å². The molecule has 0 aromatic heterocycles. The third-order valence-electron chi connectivity index (χ3n) is 4.85. The average Bonchev–Trinajstić information content (AvgIpc) is 3.03. The summed E-state index contributed by atoms with van der Waals surface area (Å²) in [7, 11) is 4.11. The molecule has 0 saturated carbocycles. The summed E-state index contributed by atoms with van der Waals surface area (Å²) >= 11 is 0. The van der Waals surface area contributed by atoms with Gasteiger partial charge in [-0.05, 0) is 12.1 Å². The molecule has 8 nitrogen and oxygen atoms in total. The van der Waals surface area contributed by atoms with Gasteiger partial charge in [-0.15, -0.1) is 0 Å². The van der Waals surface area contributed by atoms with Crippen LogP contribution in [0.5, 0.6) is 11.5 Å². The molecule has 0 unspecified atom stereocenters. The molecule has 0 aliphatic carbocycles. The van der Waals surface area contributed by atoms with Gasteiger partial charge in [-0.25, -0.2) is 0 Å². The SMILES string of the molecule is COC(=O)CN1C(=O)C(=O)C(=C(O)c2ccccc2)[C@@H]1c1ccc(OC)cc1OC. The van der Waals surface area contributed by atoms with Gasteiger partial charge in [0.1, 0.15) is 23.8 Å². The highest BCUT2D eigenvalue weighted by atomic mass is 16.5. The van der Waals surface area contributed by atoms with Crippen molar-refractivity contribution in [3.63, 3.8) is 0 Å². The maximum atomic E-state index is 12.9. The monoisotopic (exact) mass is 411 g/mol. The van der Waals surface area contributed by atoms with Crippen LogP contribution in [0, 0.1) is 0 Å². The van der Waals surface area contributed by atoms with Crippen LogP contribution in [0.25, 0.3) is 5.76 Å². The number of carbonyl (C=O) groups excluding carboxylic acids is 3. The number of carbonyl (C=O) groups is 3. The molecule has 1 aliphatic rings. The number of ketones is 1. The summed E-state index contributed by atoms with van der Waals surface area (Å²) in [6.45, 7) is -0.466. The van der Waals surface area contributed by atoms with E-state index >= 15 is 0 Å². The molecule has 1 atom stereocenters. The van der Waals surface area contributed by atoms with Crippen molar-refractivity contribution in [3.8, 4) is 11.5 Å². The van der Waals surface area contributed by atoms with Crippen molar-refractivity contribution in [2.24, 2.45) is 0 Å². The van der Waals surface area contributed by atoms with Crippen molar-refractivity contribution >= 4 is 23.4 Å². The van der Waals surface area contributed by atoms with Crippen LogP contribution < -0.4 is 9.47 Å². The lowest BCUT2D eigenvalue weighted by Crippen LogP contribution is -2.35. The predicted molar refractivity (Wildman–Crippen MR) is 107 cm³/mol. The lowest BCUT2D eigenvalue weighted by molar-refractivity contribution is -0.148. The van der Waals surface area contributed by atoms with E-state index in [0.717, 1.165) is 4.90 Å². The van der Waals surface area contributed by atoms with Crippen LogP contribution in [-0.2, 0) is 19.1 Å². The zero-order valence-corrected chi connectivity index (χ0v) is 16.7. The first-order chi connectivity index (χ1) is 14.4. The Morgan fingerprint density at radius 3 is 2.33 bits per heavy atom. The minimum Gasteiger partial charge on any atom is -0.507 e. The van der Waals surface area contributed by atoms with Gasteiger partial charge in [0.25, 0.3) is 11.7 Å². The van der Waals surface area contributed by atoms with E-state index in [9.17, 15) is 19.5 Å². The first kappa shape index (κ1) is 20.9. The Hall–Kier alpha value is -3.81. The number of Topliss-reactive ketones (excluding diaryl/α,β-unsaturated/α-hetero) is 1. The summed E-state index contributed by atoms with van der Waals surface area (Å²) in [5.74, 6) is -2.03. The van der Waals surface area contributed by atoms with Gasteiger partial charge in [0.2, 0.25) is 0 Å². The molecule has 0 bridgehead atoms. The molecule has 3 rings (SSSR count). The van der Waals surface area contributed by atoms with E-state index in [-0.39, 0.29) is 11.3 Å². The first-order valence-electron chi connectivity index (χ1n) is 9.05. The molecule has 0 radical (unpaired) electrons. The maximum Gasteiger partial charge on any atom is 0.325 e. The van der Waals surface area contributed by atoms with Crippen molar-refractivity contribution in [2.75, 3.05) is 27.9 Å². The Bertz CT molecular complexity index is 1010. The molecule has 30 heavy (non-hydrogen) atoms. The van der Waals surface area contributed by atoms with Crippen LogP contribution in [0.4, 0.5) is 0 Å². The summed E-state index contributed by atoms with van der Waals surface area (Å²) in [5.41, 5.74) is 0.642. The Morgan fingerprint density at radius 2 is 1.73 bits per heavy atom. The highest BCUT2D eigenvalue weighted by Crippen LogP contribution is 2.43. The molecule has 1 N–H and O–H groups in total. The number of amides is 1. The van der Waals surface area contributed by atoms with Gasteiger partial charge < -0.3 is 24.2 Å². The second kappa shape index (κ2) is 8.69. The van der Waals surface area contributed by atoms with Crippen LogP contribution in [0.1, 0.15) is 17.2 Å². The number of nitrogens with zero attached hydrogens (tertiary/aromatic N) is 1. The standard InChI is InChI=1S/C22H21NO7/c1-28-14-9-10-15(16(11-14)29-2)19-18(20(25)13-7-5-4-6-8-13)21(26)22(27)23(19)12-17(24)30-3/h4-11,19,25H,12H2,1-3H3/t19-/m0/s1. The van der Waals surface area contributed by atoms with Crippen molar-refractivity contribution in [1.82, 2.24) is 4.90 Å². The van der Waals surface area contributed by atoms with Crippen LogP contribution in [0.3, 0.4) is 0 Å². The molecule has 1 saturated heterocycles. The van der Waals surface area contributed by atoms with Crippen LogP contribution in [0.15, 0.2) is 54.1 Å². The minimum atomic E-state index is -1.05. The molecule has 1 heterocycles. The molecule has 0 spiro atoms. The summed E-state index contributed by atoms with van der Waals surface area (Å²) in [6, 6.07) is 12.2.